The van der Waals surface area contributed by atoms with Crippen LogP contribution in [0.1, 0.15) is 17.3 Å². The normalized spacial score (nSPS) is 10.5. The Bertz CT molecular complexity index is 436. The van der Waals surface area contributed by atoms with Gasteiger partial charge in [-0.2, -0.15) is 0 Å². The monoisotopic (exact) mass is 209 g/mol. The molecule has 7 nitrogen and oxygen atoms in total. The molecule has 2 rings (SSSR count). The number of nitrogens with two attached hydrogens (primary N) is 1. The van der Waals surface area contributed by atoms with Gasteiger partial charge in [0.05, 0.1) is 18.8 Å². The summed E-state index contributed by atoms with van der Waals surface area (Å²) in [6, 6.07) is 2.15. The lowest BCUT2D eigenvalue weighted by molar-refractivity contribution is 0.382. The molecular formula is C8H11N5O2. The van der Waals surface area contributed by atoms with E-state index in [9.17, 15) is 0 Å². The minimum absolute atomic E-state index is 0.232. The van der Waals surface area contributed by atoms with Gasteiger partial charge in [0.2, 0.25) is 5.89 Å². The Labute approximate surface area is 85.6 Å². The second-order valence-corrected chi connectivity index (χ2v) is 2.99. The van der Waals surface area contributed by atoms with Crippen LogP contribution in [0.15, 0.2) is 15.0 Å². The zero-order chi connectivity index (χ0) is 10.7. The highest BCUT2D eigenvalue weighted by Gasteiger charge is 2.05. The minimum atomic E-state index is 0.232. The highest BCUT2D eigenvalue weighted by molar-refractivity contribution is 5.19. The number of hydrogen-bond acceptors (Lipinski definition) is 7. The molecule has 0 amide bonds. The van der Waals surface area contributed by atoms with E-state index >= 15 is 0 Å². The summed E-state index contributed by atoms with van der Waals surface area (Å²) in [5.41, 5.74) is 6.15. The topological polar surface area (TPSA) is 103 Å². The lowest BCUT2D eigenvalue weighted by Gasteiger charge is -1.94. The molecule has 0 aliphatic carbocycles. The van der Waals surface area contributed by atoms with Gasteiger partial charge in [-0.25, -0.2) is 0 Å². The lowest BCUT2D eigenvalue weighted by Crippen LogP contribution is -1.98. The van der Waals surface area contributed by atoms with Crippen molar-refractivity contribution in [3.63, 3.8) is 0 Å². The van der Waals surface area contributed by atoms with Crippen molar-refractivity contribution in [3.05, 3.63) is 23.4 Å². The molecule has 0 aliphatic rings. The number of anilines is 1. The van der Waals surface area contributed by atoms with Crippen LogP contribution in [0, 0.1) is 6.92 Å². The molecule has 0 radical (unpaired) electrons. The van der Waals surface area contributed by atoms with Crippen LogP contribution in [-0.2, 0) is 13.1 Å². The fraction of sp³-hybridized carbons (Fsp3) is 0.375. The molecule has 0 atom stereocenters. The fourth-order valence-electron chi connectivity index (χ4n) is 1.07. The molecule has 2 aromatic heterocycles. The molecule has 15 heavy (non-hydrogen) atoms. The Morgan fingerprint density at radius 2 is 2.33 bits per heavy atom. The summed E-state index contributed by atoms with van der Waals surface area (Å²) in [6.45, 7) is 2.54. The first-order valence-electron chi connectivity index (χ1n) is 4.46. The van der Waals surface area contributed by atoms with E-state index in [2.05, 4.69) is 20.7 Å². The molecule has 3 N–H and O–H groups in total. The Morgan fingerprint density at radius 3 is 2.93 bits per heavy atom. The quantitative estimate of drug-likeness (QED) is 0.752. The molecule has 2 aromatic rings. The number of hydrogen-bond donors (Lipinski definition) is 2. The average molecular weight is 209 g/mol. The molecule has 0 saturated carbocycles. The van der Waals surface area contributed by atoms with Crippen molar-refractivity contribution in [2.45, 2.75) is 20.0 Å². The van der Waals surface area contributed by atoms with Crippen molar-refractivity contribution in [1.82, 2.24) is 15.4 Å². The summed E-state index contributed by atoms with van der Waals surface area (Å²) in [5, 5.41) is 14.1. The van der Waals surface area contributed by atoms with Gasteiger partial charge < -0.3 is 20.0 Å². The number of nitrogens with zero attached hydrogens (tertiary/aromatic N) is 3. The maximum atomic E-state index is 5.32. The molecule has 0 spiro atoms. The van der Waals surface area contributed by atoms with Crippen LogP contribution < -0.4 is 11.1 Å². The predicted molar refractivity (Wildman–Crippen MR) is 50.8 cm³/mol. The van der Waals surface area contributed by atoms with Crippen LogP contribution in [0.2, 0.25) is 0 Å². The van der Waals surface area contributed by atoms with Gasteiger partial charge in [0.1, 0.15) is 0 Å². The molecule has 80 valence electrons. The zero-order valence-electron chi connectivity index (χ0n) is 8.23. The van der Waals surface area contributed by atoms with Crippen LogP contribution in [0.5, 0.6) is 0 Å². The van der Waals surface area contributed by atoms with E-state index in [4.69, 9.17) is 14.7 Å². The van der Waals surface area contributed by atoms with Gasteiger partial charge in [0.25, 0.3) is 0 Å². The lowest BCUT2D eigenvalue weighted by atomic mass is 10.4. The molecule has 0 unspecified atom stereocenters. The summed E-state index contributed by atoms with van der Waals surface area (Å²) >= 11 is 0. The molecule has 0 bridgehead atoms. The van der Waals surface area contributed by atoms with Crippen LogP contribution in [0.3, 0.4) is 0 Å². The van der Waals surface area contributed by atoms with Gasteiger partial charge in [-0.3, -0.25) is 0 Å². The summed E-state index contributed by atoms with van der Waals surface area (Å²) in [4.78, 5) is 0. The Morgan fingerprint density at radius 1 is 1.47 bits per heavy atom. The number of rotatable bonds is 4. The van der Waals surface area contributed by atoms with Crippen LogP contribution in [-0.4, -0.2) is 15.4 Å². The third-order valence-corrected chi connectivity index (χ3v) is 1.73. The predicted octanol–water partition coefficient (Wildman–Crippen LogP) is 0.437. The average Bonchev–Trinajstić information content (AvgIpc) is 2.83. The molecule has 0 saturated heterocycles. The smallest absolute Gasteiger partial charge is 0.315 e. The van der Waals surface area contributed by atoms with Crippen LogP contribution >= 0.6 is 0 Å². The number of aromatic nitrogens is 3. The van der Waals surface area contributed by atoms with E-state index in [0.29, 0.717) is 24.2 Å². The van der Waals surface area contributed by atoms with E-state index in [1.165, 1.54) is 0 Å². The summed E-state index contributed by atoms with van der Waals surface area (Å²) in [7, 11) is 0. The first kappa shape index (κ1) is 9.66. The van der Waals surface area contributed by atoms with Crippen molar-refractivity contribution in [2.75, 3.05) is 5.32 Å². The van der Waals surface area contributed by atoms with Gasteiger partial charge in [0.15, 0.2) is 5.76 Å². The fourth-order valence-corrected chi connectivity index (χ4v) is 1.07. The van der Waals surface area contributed by atoms with Gasteiger partial charge in [-0.15, -0.1) is 5.10 Å². The number of nitrogens with one attached hydrogen (secondary N) is 1. The van der Waals surface area contributed by atoms with Crippen molar-refractivity contribution >= 4 is 6.01 Å². The highest BCUT2D eigenvalue weighted by Crippen LogP contribution is 2.08. The van der Waals surface area contributed by atoms with Crippen molar-refractivity contribution < 1.29 is 8.94 Å². The van der Waals surface area contributed by atoms with Crippen molar-refractivity contribution in [3.8, 4) is 0 Å². The van der Waals surface area contributed by atoms with Gasteiger partial charge >= 0.3 is 6.01 Å². The van der Waals surface area contributed by atoms with E-state index in [0.717, 1.165) is 5.69 Å². The Balaban J connectivity index is 1.93. The zero-order valence-corrected chi connectivity index (χ0v) is 8.23. The van der Waals surface area contributed by atoms with E-state index < -0.39 is 0 Å². The molecule has 0 aliphatic heterocycles. The molecule has 0 aromatic carbocycles. The third kappa shape index (κ3) is 2.32. The second kappa shape index (κ2) is 4.09. The van der Waals surface area contributed by atoms with Gasteiger partial charge in [-0.1, -0.05) is 10.3 Å². The van der Waals surface area contributed by atoms with E-state index in [1.807, 2.05) is 13.0 Å². The van der Waals surface area contributed by atoms with Gasteiger partial charge in [-0.05, 0) is 6.92 Å². The maximum Gasteiger partial charge on any atom is 0.315 e. The summed E-state index contributed by atoms with van der Waals surface area (Å²) in [5.74, 6) is 1.10. The molecule has 7 heteroatoms. The highest BCUT2D eigenvalue weighted by atomic mass is 16.5. The molecule has 2 heterocycles. The first-order chi connectivity index (χ1) is 7.28. The SMILES string of the molecule is Cc1cc(CNc2nnc(CN)o2)on1. The largest absolute Gasteiger partial charge is 0.407 e. The second-order valence-electron chi connectivity index (χ2n) is 2.99. The van der Waals surface area contributed by atoms with Crippen molar-refractivity contribution in [2.24, 2.45) is 5.73 Å². The van der Waals surface area contributed by atoms with Crippen LogP contribution in [0.4, 0.5) is 6.01 Å². The van der Waals surface area contributed by atoms with E-state index in [-0.39, 0.29) is 6.54 Å². The minimum Gasteiger partial charge on any atom is -0.407 e. The standard InChI is InChI=1S/C8H11N5O2/c1-5-2-6(15-13-5)4-10-8-12-11-7(3-9)14-8/h2H,3-4,9H2,1H3,(H,10,12). The molecule has 0 fully saturated rings. The summed E-state index contributed by atoms with van der Waals surface area (Å²) in [6.07, 6.45) is 0. The van der Waals surface area contributed by atoms with Gasteiger partial charge in [0, 0.05) is 6.07 Å². The Kier molecular flexibility index (Phi) is 2.64. The van der Waals surface area contributed by atoms with E-state index in [1.54, 1.807) is 0 Å². The third-order valence-electron chi connectivity index (χ3n) is 1.73. The Hall–Kier alpha value is -1.89. The maximum absolute atomic E-state index is 5.32. The van der Waals surface area contributed by atoms with Crippen LogP contribution in [0.25, 0.3) is 0 Å². The first-order valence-corrected chi connectivity index (χ1v) is 4.46. The number of aryl methyl sites for hydroxylation is 1. The van der Waals surface area contributed by atoms with Crippen molar-refractivity contribution in [1.29, 1.82) is 0 Å². The molecular weight excluding hydrogens is 198 g/mol. The summed E-state index contributed by atoms with van der Waals surface area (Å²) < 4.78 is 10.1.